The lowest BCUT2D eigenvalue weighted by Crippen LogP contribution is -2.46. The Kier molecular flexibility index (Phi) is 7.54. The number of rotatable bonds is 8. The van der Waals surface area contributed by atoms with Crippen molar-refractivity contribution < 1.29 is 19.4 Å². The topological polar surface area (TPSA) is 70.1 Å². The zero-order valence-corrected chi connectivity index (χ0v) is 12.5. The fourth-order valence-corrected chi connectivity index (χ4v) is 2.07. The molecule has 0 unspecified atom stereocenters. The summed E-state index contributed by atoms with van der Waals surface area (Å²) < 4.78 is 5.23. The van der Waals surface area contributed by atoms with E-state index in [1.807, 2.05) is 4.90 Å². The first-order chi connectivity index (χ1) is 9.49. The Balaban J connectivity index is 2.43. The molecule has 0 atom stereocenters. The predicted molar refractivity (Wildman–Crippen MR) is 75.5 cm³/mol. The number of hydrogen-bond donors (Lipinski definition) is 1. The number of aliphatic carboxylic acids is 1. The Labute approximate surface area is 120 Å². The second-order valence-electron chi connectivity index (χ2n) is 5.60. The number of carbonyl (C=O) groups excluding carboxylic acids is 1. The monoisotopic (exact) mass is 286 g/mol. The van der Waals surface area contributed by atoms with E-state index in [-0.39, 0.29) is 12.3 Å². The average Bonchev–Trinajstić information content (AvgIpc) is 2.42. The van der Waals surface area contributed by atoms with Gasteiger partial charge in [-0.3, -0.25) is 14.5 Å². The summed E-state index contributed by atoms with van der Waals surface area (Å²) in [5.74, 6) is -0.207. The fourth-order valence-electron chi connectivity index (χ4n) is 2.07. The van der Waals surface area contributed by atoms with Crippen LogP contribution in [0.1, 0.15) is 26.7 Å². The molecular formula is C14H26N2O4. The maximum Gasteiger partial charge on any atom is 0.304 e. The van der Waals surface area contributed by atoms with E-state index in [0.29, 0.717) is 45.3 Å². The second-order valence-corrected chi connectivity index (χ2v) is 5.60. The normalized spacial score (nSPS) is 15.9. The van der Waals surface area contributed by atoms with Crippen molar-refractivity contribution in [1.29, 1.82) is 0 Å². The summed E-state index contributed by atoms with van der Waals surface area (Å²) in [5.41, 5.74) is 0. The van der Waals surface area contributed by atoms with Crippen LogP contribution < -0.4 is 0 Å². The quantitative estimate of drug-likeness (QED) is 0.710. The van der Waals surface area contributed by atoms with Crippen molar-refractivity contribution in [2.75, 3.05) is 45.9 Å². The van der Waals surface area contributed by atoms with Crippen LogP contribution in [-0.4, -0.2) is 72.7 Å². The highest BCUT2D eigenvalue weighted by molar-refractivity contribution is 5.78. The van der Waals surface area contributed by atoms with Crippen LogP contribution >= 0.6 is 0 Å². The van der Waals surface area contributed by atoms with Crippen molar-refractivity contribution in [1.82, 2.24) is 9.80 Å². The van der Waals surface area contributed by atoms with Crippen LogP contribution in [0.5, 0.6) is 0 Å². The molecule has 0 aliphatic carbocycles. The molecule has 0 saturated carbocycles. The van der Waals surface area contributed by atoms with Crippen LogP contribution in [0.3, 0.4) is 0 Å². The van der Waals surface area contributed by atoms with Crippen LogP contribution in [0, 0.1) is 5.92 Å². The molecule has 1 heterocycles. The van der Waals surface area contributed by atoms with E-state index in [1.165, 1.54) is 0 Å². The number of ether oxygens (including phenoxy) is 1. The first-order valence-corrected chi connectivity index (χ1v) is 7.28. The average molecular weight is 286 g/mol. The number of carboxylic acids is 1. The molecule has 6 nitrogen and oxygen atoms in total. The summed E-state index contributed by atoms with van der Waals surface area (Å²) in [5, 5.41) is 8.78. The zero-order chi connectivity index (χ0) is 15.0. The van der Waals surface area contributed by atoms with E-state index in [1.54, 1.807) is 4.90 Å². The largest absolute Gasteiger partial charge is 0.481 e. The van der Waals surface area contributed by atoms with Crippen molar-refractivity contribution >= 4 is 11.9 Å². The van der Waals surface area contributed by atoms with Crippen LogP contribution in [0.25, 0.3) is 0 Å². The molecule has 0 aromatic rings. The number of carboxylic acid groups (broad SMARTS) is 1. The Hall–Kier alpha value is -1.14. The van der Waals surface area contributed by atoms with Gasteiger partial charge in [-0.1, -0.05) is 13.8 Å². The minimum Gasteiger partial charge on any atom is -0.481 e. The molecule has 0 spiro atoms. The Morgan fingerprint density at radius 3 is 2.45 bits per heavy atom. The maximum atomic E-state index is 12.2. The molecule has 1 saturated heterocycles. The van der Waals surface area contributed by atoms with Crippen LogP contribution in [0.15, 0.2) is 0 Å². The van der Waals surface area contributed by atoms with Gasteiger partial charge in [0, 0.05) is 19.6 Å². The molecule has 0 aromatic carbocycles. The van der Waals surface area contributed by atoms with E-state index in [0.717, 1.165) is 13.0 Å². The lowest BCUT2D eigenvalue weighted by atomic mass is 10.1. The van der Waals surface area contributed by atoms with Crippen LogP contribution in [0.2, 0.25) is 0 Å². The van der Waals surface area contributed by atoms with Gasteiger partial charge in [-0.2, -0.15) is 0 Å². The molecule has 0 radical (unpaired) electrons. The van der Waals surface area contributed by atoms with Gasteiger partial charge in [0.15, 0.2) is 0 Å². The third kappa shape index (κ3) is 6.86. The molecule has 0 bridgehead atoms. The maximum absolute atomic E-state index is 12.2. The highest BCUT2D eigenvalue weighted by Crippen LogP contribution is 2.05. The van der Waals surface area contributed by atoms with Crippen molar-refractivity contribution in [3.63, 3.8) is 0 Å². The molecular weight excluding hydrogens is 260 g/mol. The number of morpholine rings is 1. The van der Waals surface area contributed by atoms with Gasteiger partial charge in [-0.25, -0.2) is 0 Å². The smallest absolute Gasteiger partial charge is 0.304 e. The minimum atomic E-state index is -0.821. The number of amides is 1. The molecule has 116 valence electrons. The Morgan fingerprint density at radius 1 is 1.25 bits per heavy atom. The minimum absolute atomic E-state index is 0.0717. The number of nitrogens with zero attached hydrogens (tertiary/aromatic N) is 2. The summed E-state index contributed by atoms with van der Waals surface area (Å²) in [6.07, 6.45) is 1.05. The van der Waals surface area contributed by atoms with Crippen LogP contribution in [-0.2, 0) is 14.3 Å². The summed E-state index contributed by atoms with van der Waals surface area (Å²) in [7, 11) is 0. The van der Waals surface area contributed by atoms with Crippen molar-refractivity contribution in [3.8, 4) is 0 Å². The van der Waals surface area contributed by atoms with Crippen molar-refractivity contribution in [2.24, 2.45) is 5.92 Å². The van der Waals surface area contributed by atoms with Gasteiger partial charge >= 0.3 is 5.97 Å². The molecule has 1 N–H and O–H groups in total. The van der Waals surface area contributed by atoms with Crippen LogP contribution in [0.4, 0.5) is 0 Å². The number of hydrogen-bond acceptors (Lipinski definition) is 4. The lowest BCUT2D eigenvalue weighted by molar-refractivity contribution is -0.139. The van der Waals surface area contributed by atoms with Crippen molar-refractivity contribution in [3.05, 3.63) is 0 Å². The van der Waals surface area contributed by atoms with Gasteiger partial charge in [0.2, 0.25) is 5.91 Å². The fraction of sp³-hybridized carbons (Fsp3) is 0.857. The number of carbonyl (C=O) groups is 2. The van der Waals surface area contributed by atoms with E-state index >= 15 is 0 Å². The van der Waals surface area contributed by atoms with Crippen molar-refractivity contribution in [2.45, 2.75) is 26.7 Å². The van der Waals surface area contributed by atoms with Gasteiger partial charge in [-0.05, 0) is 18.9 Å². The highest BCUT2D eigenvalue weighted by Gasteiger charge is 2.20. The molecule has 6 heteroatoms. The van der Waals surface area contributed by atoms with E-state index in [2.05, 4.69) is 13.8 Å². The molecule has 1 rings (SSSR count). The third-order valence-corrected chi connectivity index (χ3v) is 3.39. The Morgan fingerprint density at radius 2 is 1.90 bits per heavy atom. The van der Waals surface area contributed by atoms with Gasteiger partial charge in [0.1, 0.15) is 0 Å². The first kappa shape index (κ1) is 16.9. The molecule has 1 aliphatic rings. The standard InChI is InChI=1S/C14H26N2O4/c1-12(2)3-5-15(6-4-14(18)19)11-13(17)16-7-9-20-10-8-16/h12H,3-11H2,1-2H3,(H,18,19). The SMILES string of the molecule is CC(C)CCN(CCC(=O)O)CC(=O)N1CCOCC1. The van der Waals surface area contributed by atoms with Gasteiger partial charge in [0.25, 0.3) is 0 Å². The molecule has 20 heavy (non-hydrogen) atoms. The highest BCUT2D eigenvalue weighted by atomic mass is 16.5. The van der Waals surface area contributed by atoms with Gasteiger partial charge in [0.05, 0.1) is 26.2 Å². The predicted octanol–water partition coefficient (Wildman–Crippen LogP) is 0.668. The second kappa shape index (κ2) is 8.92. The van der Waals surface area contributed by atoms with E-state index in [9.17, 15) is 9.59 Å². The molecule has 1 aliphatic heterocycles. The molecule has 1 fully saturated rings. The van der Waals surface area contributed by atoms with Gasteiger partial charge < -0.3 is 14.7 Å². The van der Waals surface area contributed by atoms with E-state index in [4.69, 9.17) is 9.84 Å². The summed E-state index contributed by atoms with van der Waals surface area (Å²) in [6.45, 7) is 8.20. The summed E-state index contributed by atoms with van der Waals surface area (Å²) >= 11 is 0. The summed E-state index contributed by atoms with van der Waals surface area (Å²) in [4.78, 5) is 26.6. The third-order valence-electron chi connectivity index (χ3n) is 3.39. The lowest BCUT2D eigenvalue weighted by Gasteiger charge is -2.30. The molecule has 1 amide bonds. The first-order valence-electron chi connectivity index (χ1n) is 7.28. The Bertz CT molecular complexity index is 314. The van der Waals surface area contributed by atoms with E-state index < -0.39 is 5.97 Å². The zero-order valence-electron chi connectivity index (χ0n) is 12.5. The summed E-state index contributed by atoms with van der Waals surface area (Å²) in [6, 6.07) is 0. The molecule has 0 aromatic heterocycles. The van der Waals surface area contributed by atoms with Gasteiger partial charge in [-0.15, -0.1) is 0 Å².